The number of benzene rings is 2. The fourth-order valence-corrected chi connectivity index (χ4v) is 3.43. The zero-order valence-corrected chi connectivity index (χ0v) is 15.7. The Hall–Kier alpha value is -2.48. The van der Waals surface area contributed by atoms with Gasteiger partial charge in [-0.05, 0) is 29.8 Å². The quantitative estimate of drug-likeness (QED) is 0.823. The number of rotatable bonds is 4. The van der Waals surface area contributed by atoms with E-state index in [9.17, 15) is 9.18 Å². The number of hydrogen-bond donors (Lipinski definition) is 2. The van der Waals surface area contributed by atoms with Crippen LogP contribution in [0.15, 0.2) is 47.6 Å². The molecule has 28 heavy (non-hydrogen) atoms. The molecule has 0 saturated carbocycles. The van der Waals surface area contributed by atoms with Crippen LogP contribution in [-0.2, 0) is 9.53 Å². The average Bonchev–Trinajstić information content (AvgIpc) is 2.99. The first-order valence-corrected chi connectivity index (χ1v) is 9.38. The van der Waals surface area contributed by atoms with E-state index in [1.165, 1.54) is 12.1 Å². The summed E-state index contributed by atoms with van der Waals surface area (Å²) in [4.78, 5) is 11.5. The van der Waals surface area contributed by atoms with Gasteiger partial charge in [0.1, 0.15) is 23.8 Å². The molecule has 0 radical (unpaired) electrons. The molecule has 4 rings (SSSR count). The molecule has 0 spiro atoms. The lowest BCUT2D eigenvalue weighted by molar-refractivity contribution is -0.119. The van der Waals surface area contributed by atoms with Crippen molar-refractivity contribution in [3.05, 3.63) is 64.4 Å². The Morgan fingerprint density at radius 2 is 2.11 bits per heavy atom. The molecule has 2 N–H and O–H groups in total. The molecule has 0 unspecified atom stereocenters. The van der Waals surface area contributed by atoms with Gasteiger partial charge < -0.3 is 14.8 Å². The van der Waals surface area contributed by atoms with Crippen LogP contribution >= 0.6 is 11.6 Å². The van der Waals surface area contributed by atoms with Crippen LogP contribution in [-0.4, -0.2) is 37.4 Å². The maximum Gasteiger partial charge on any atom is 0.246 e. The van der Waals surface area contributed by atoms with Crippen LogP contribution in [0.2, 0.25) is 5.02 Å². The van der Waals surface area contributed by atoms with E-state index in [1.54, 1.807) is 6.07 Å². The summed E-state index contributed by atoms with van der Waals surface area (Å²) in [5, 5.41) is 7.42. The van der Waals surface area contributed by atoms with E-state index in [4.69, 9.17) is 21.1 Å². The van der Waals surface area contributed by atoms with Gasteiger partial charge in [0, 0.05) is 18.7 Å². The van der Waals surface area contributed by atoms with Gasteiger partial charge in [0.05, 0.1) is 23.8 Å². The van der Waals surface area contributed by atoms with Crippen molar-refractivity contribution in [2.24, 2.45) is 5.10 Å². The maximum atomic E-state index is 14.0. The molecule has 1 fully saturated rings. The zero-order chi connectivity index (χ0) is 19.5. The molecule has 8 heteroatoms. The van der Waals surface area contributed by atoms with E-state index in [1.807, 2.05) is 24.3 Å². The highest BCUT2D eigenvalue weighted by Gasteiger charge is 2.30. The van der Waals surface area contributed by atoms with Gasteiger partial charge in [0.15, 0.2) is 0 Å². The summed E-state index contributed by atoms with van der Waals surface area (Å²) in [6.07, 6.45) is -0.680. The molecule has 0 aliphatic carbocycles. The fourth-order valence-electron chi connectivity index (χ4n) is 3.31. The summed E-state index contributed by atoms with van der Waals surface area (Å²) in [6, 6.07) is 12.0. The van der Waals surface area contributed by atoms with E-state index in [0.29, 0.717) is 36.7 Å². The molecule has 1 saturated heterocycles. The Balaban J connectivity index is 1.63. The van der Waals surface area contributed by atoms with Crippen LogP contribution in [0, 0.1) is 5.82 Å². The van der Waals surface area contributed by atoms with Gasteiger partial charge in [-0.1, -0.05) is 29.8 Å². The minimum atomic E-state index is -0.496. The fraction of sp³-hybridized carbons (Fsp3) is 0.300. The Labute approximate surface area is 166 Å². The first-order chi connectivity index (χ1) is 13.6. The second-order valence-electron chi connectivity index (χ2n) is 6.59. The lowest BCUT2D eigenvalue weighted by Crippen LogP contribution is -2.34. The van der Waals surface area contributed by atoms with E-state index in [2.05, 4.69) is 15.8 Å². The van der Waals surface area contributed by atoms with Crippen LogP contribution in [0.4, 0.5) is 4.39 Å². The third-order valence-corrected chi connectivity index (χ3v) is 4.96. The summed E-state index contributed by atoms with van der Waals surface area (Å²) in [6.45, 7) is 1.66. The summed E-state index contributed by atoms with van der Waals surface area (Å²) in [7, 11) is 0. The van der Waals surface area contributed by atoms with Crippen molar-refractivity contribution in [3.8, 4) is 5.75 Å². The number of hydrazone groups is 1. The smallest absolute Gasteiger partial charge is 0.246 e. The van der Waals surface area contributed by atoms with Crippen molar-refractivity contribution in [2.75, 3.05) is 19.7 Å². The van der Waals surface area contributed by atoms with Gasteiger partial charge in [-0.15, -0.1) is 0 Å². The van der Waals surface area contributed by atoms with Crippen molar-refractivity contribution in [1.29, 1.82) is 0 Å². The van der Waals surface area contributed by atoms with Crippen LogP contribution in [0.3, 0.4) is 0 Å². The van der Waals surface area contributed by atoms with E-state index >= 15 is 0 Å². The summed E-state index contributed by atoms with van der Waals surface area (Å²) in [5.74, 6) is -0.0581. The van der Waals surface area contributed by atoms with E-state index in [-0.39, 0.29) is 17.4 Å². The van der Waals surface area contributed by atoms with Crippen molar-refractivity contribution in [3.63, 3.8) is 0 Å². The molecule has 2 heterocycles. The third kappa shape index (κ3) is 4.01. The molecule has 0 bridgehead atoms. The molecule has 2 aromatic carbocycles. The summed E-state index contributed by atoms with van der Waals surface area (Å²) >= 11 is 5.82. The van der Waals surface area contributed by atoms with Gasteiger partial charge in [0.2, 0.25) is 5.91 Å². The summed E-state index contributed by atoms with van der Waals surface area (Å²) in [5.41, 5.74) is 4.48. The third-order valence-electron chi connectivity index (χ3n) is 4.65. The first-order valence-electron chi connectivity index (χ1n) is 9.00. The molecule has 2 aliphatic rings. The molecule has 6 nitrogen and oxygen atoms in total. The van der Waals surface area contributed by atoms with Gasteiger partial charge in [-0.25, -0.2) is 9.82 Å². The van der Waals surface area contributed by atoms with Crippen LogP contribution < -0.4 is 15.5 Å². The molecule has 2 aromatic rings. The highest BCUT2D eigenvalue weighted by molar-refractivity contribution is 6.30. The Morgan fingerprint density at radius 1 is 1.25 bits per heavy atom. The highest BCUT2D eigenvalue weighted by Crippen LogP contribution is 2.31. The Morgan fingerprint density at radius 3 is 2.89 bits per heavy atom. The molecule has 2 atom stereocenters. The van der Waals surface area contributed by atoms with Gasteiger partial charge >= 0.3 is 0 Å². The number of nitrogens with one attached hydrogen (secondary N) is 2. The lowest BCUT2D eigenvalue weighted by atomic mass is 10.0. The van der Waals surface area contributed by atoms with Gasteiger partial charge in [-0.2, -0.15) is 5.10 Å². The second-order valence-corrected chi connectivity index (χ2v) is 7.00. The molecule has 2 aliphatic heterocycles. The number of para-hydroxylation sites is 1. The number of carbonyl (C=O) groups is 1. The normalized spacial score (nSPS) is 22.4. The predicted molar refractivity (Wildman–Crippen MR) is 103 cm³/mol. The Kier molecular flexibility index (Phi) is 5.57. The van der Waals surface area contributed by atoms with E-state index < -0.39 is 18.0 Å². The standard InChI is InChI=1S/C20H19ClFN3O3/c21-14-6-5-12(9-15(14)22)20-18(11-23-7-8-27-20)28-17-4-2-1-3-13(17)16-10-19(26)25-24-16/h1-6,9,18,20,23H,7-8,10-11H2,(H,25,26)/t18-,20+/m1/s1. The minimum absolute atomic E-state index is 0.0646. The van der Waals surface area contributed by atoms with Crippen molar-refractivity contribution in [1.82, 2.24) is 10.7 Å². The predicted octanol–water partition coefficient (Wildman–Crippen LogP) is 2.81. The maximum absolute atomic E-state index is 14.0. The van der Waals surface area contributed by atoms with Crippen molar-refractivity contribution < 1.29 is 18.7 Å². The van der Waals surface area contributed by atoms with E-state index in [0.717, 1.165) is 5.56 Å². The topological polar surface area (TPSA) is 72.0 Å². The largest absolute Gasteiger partial charge is 0.485 e. The lowest BCUT2D eigenvalue weighted by Gasteiger charge is -2.27. The van der Waals surface area contributed by atoms with Gasteiger partial charge in [0.25, 0.3) is 0 Å². The number of carbonyl (C=O) groups excluding carboxylic acids is 1. The molecular formula is C20H19ClFN3O3. The first kappa shape index (κ1) is 18.9. The average molecular weight is 404 g/mol. The van der Waals surface area contributed by atoms with Crippen LogP contribution in [0.25, 0.3) is 0 Å². The number of amides is 1. The molecule has 0 aromatic heterocycles. The van der Waals surface area contributed by atoms with Crippen molar-refractivity contribution >= 4 is 23.2 Å². The number of nitrogens with zero attached hydrogens (tertiary/aromatic N) is 1. The van der Waals surface area contributed by atoms with Crippen molar-refractivity contribution in [2.45, 2.75) is 18.6 Å². The number of ether oxygens (including phenoxy) is 2. The second kappa shape index (κ2) is 8.26. The summed E-state index contributed by atoms with van der Waals surface area (Å²) < 4.78 is 26.2. The molecular weight excluding hydrogens is 385 g/mol. The minimum Gasteiger partial charge on any atom is -0.485 e. The Bertz CT molecular complexity index is 921. The van der Waals surface area contributed by atoms with Gasteiger partial charge in [-0.3, -0.25) is 4.79 Å². The monoisotopic (exact) mass is 403 g/mol. The highest BCUT2D eigenvalue weighted by atomic mass is 35.5. The van der Waals surface area contributed by atoms with Crippen LogP contribution in [0.1, 0.15) is 23.7 Å². The molecule has 146 valence electrons. The molecule has 1 amide bonds. The van der Waals surface area contributed by atoms with Crippen LogP contribution in [0.5, 0.6) is 5.75 Å². The number of hydrogen-bond acceptors (Lipinski definition) is 5. The SMILES string of the molecule is O=C1CC(c2ccccc2O[C@@H]2CNCCO[C@H]2c2ccc(Cl)c(F)c2)=NN1. The number of halogens is 2. The zero-order valence-electron chi connectivity index (χ0n) is 15.0.